The minimum absolute atomic E-state index is 0.118. The number of benzene rings is 2. The van der Waals surface area contributed by atoms with Crippen LogP contribution in [0.3, 0.4) is 0 Å². The second-order valence-electron chi connectivity index (χ2n) is 7.22. The molecule has 5 heteroatoms. The van der Waals surface area contributed by atoms with E-state index in [1.807, 2.05) is 30.3 Å². The first kappa shape index (κ1) is 20.2. The fourth-order valence-electron chi connectivity index (χ4n) is 3.84. The molecule has 1 aliphatic heterocycles. The molecule has 2 amide bonds. The first-order valence-electron chi connectivity index (χ1n) is 10.2. The van der Waals surface area contributed by atoms with Gasteiger partial charge in [0.2, 0.25) is 0 Å². The van der Waals surface area contributed by atoms with Crippen molar-refractivity contribution >= 4 is 6.03 Å². The van der Waals surface area contributed by atoms with Gasteiger partial charge >= 0.3 is 6.03 Å². The highest BCUT2D eigenvalue weighted by atomic mass is 16.5. The molecule has 0 spiro atoms. The van der Waals surface area contributed by atoms with Gasteiger partial charge in [0.05, 0.1) is 13.2 Å². The molecule has 0 aliphatic carbocycles. The quantitative estimate of drug-likeness (QED) is 0.732. The molecule has 2 N–H and O–H groups in total. The lowest BCUT2D eigenvalue weighted by Crippen LogP contribution is -2.44. The number of rotatable bonds is 8. The van der Waals surface area contributed by atoms with Gasteiger partial charge in [0, 0.05) is 13.1 Å². The lowest BCUT2D eigenvalue weighted by atomic mass is 10.0. The largest absolute Gasteiger partial charge is 0.496 e. The van der Waals surface area contributed by atoms with Gasteiger partial charge in [-0.2, -0.15) is 0 Å². The summed E-state index contributed by atoms with van der Waals surface area (Å²) in [6.07, 6.45) is 4.50. The van der Waals surface area contributed by atoms with Crippen LogP contribution in [0.2, 0.25) is 0 Å². The number of amides is 2. The van der Waals surface area contributed by atoms with E-state index in [0.717, 1.165) is 30.8 Å². The third-order valence-corrected chi connectivity index (χ3v) is 5.34. The lowest BCUT2D eigenvalue weighted by molar-refractivity contribution is 0.160. The second kappa shape index (κ2) is 10.7. The van der Waals surface area contributed by atoms with Crippen molar-refractivity contribution in [1.29, 1.82) is 0 Å². The van der Waals surface area contributed by atoms with Gasteiger partial charge in [0.1, 0.15) is 5.75 Å². The van der Waals surface area contributed by atoms with E-state index in [1.54, 1.807) is 7.11 Å². The van der Waals surface area contributed by atoms with Crippen LogP contribution < -0.4 is 15.4 Å². The zero-order chi connectivity index (χ0) is 19.6. The predicted molar refractivity (Wildman–Crippen MR) is 113 cm³/mol. The summed E-state index contributed by atoms with van der Waals surface area (Å²) in [5.74, 6) is 0.860. The van der Waals surface area contributed by atoms with Crippen molar-refractivity contribution < 1.29 is 9.53 Å². The maximum atomic E-state index is 12.3. The highest BCUT2D eigenvalue weighted by Crippen LogP contribution is 2.24. The smallest absolute Gasteiger partial charge is 0.314 e. The molecule has 1 fully saturated rings. The van der Waals surface area contributed by atoms with Gasteiger partial charge in [0.25, 0.3) is 0 Å². The molecular formula is C23H31N3O2. The number of hydrogen-bond donors (Lipinski definition) is 2. The summed E-state index contributed by atoms with van der Waals surface area (Å²) in [6, 6.07) is 18.5. The third kappa shape index (κ3) is 5.73. The van der Waals surface area contributed by atoms with Crippen molar-refractivity contribution in [3.63, 3.8) is 0 Å². The summed E-state index contributed by atoms with van der Waals surface area (Å²) in [6.45, 7) is 3.38. The number of nitrogens with zero attached hydrogens (tertiary/aromatic N) is 1. The average Bonchev–Trinajstić information content (AvgIpc) is 2.76. The summed E-state index contributed by atoms with van der Waals surface area (Å²) in [7, 11) is 1.67. The SMILES string of the molecule is COc1ccccc1CCNC(=O)NCC(c1ccccc1)N1CCCCC1. The molecule has 3 rings (SSSR count). The van der Waals surface area contributed by atoms with E-state index in [-0.39, 0.29) is 12.1 Å². The zero-order valence-corrected chi connectivity index (χ0v) is 16.7. The molecule has 1 saturated heterocycles. The van der Waals surface area contributed by atoms with Gasteiger partial charge < -0.3 is 15.4 Å². The van der Waals surface area contributed by atoms with Gasteiger partial charge in [0.15, 0.2) is 0 Å². The summed E-state index contributed by atoms with van der Waals surface area (Å²) in [4.78, 5) is 14.8. The van der Waals surface area contributed by atoms with E-state index < -0.39 is 0 Å². The first-order valence-corrected chi connectivity index (χ1v) is 10.2. The van der Waals surface area contributed by atoms with E-state index in [0.29, 0.717) is 13.1 Å². The number of carbonyl (C=O) groups is 1. The molecule has 28 heavy (non-hydrogen) atoms. The van der Waals surface area contributed by atoms with Gasteiger partial charge in [-0.15, -0.1) is 0 Å². The number of carbonyl (C=O) groups excluding carboxylic acids is 1. The standard InChI is InChI=1S/C23H31N3O2/c1-28-22-13-7-6-12-20(22)14-15-24-23(27)25-18-21(19-10-4-2-5-11-19)26-16-8-3-9-17-26/h2,4-7,10-13,21H,3,8-9,14-18H2,1H3,(H2,24,25,27). The Morgan fingerprint density at radius 1 is 1.00 bits per heavy atom. The summed E-state index contributed by atoms with van der Waals surface area (Å²) < 4.78 is 5.36. The van der Waals surface area contributed by atoms with E-state index in [4.69, 9.17) is 4.74 Å². The minimum Gasteiger partial charge on any atom is -0.496 e. The van der Waals surface area contributed by atoms with Crippen LogP contribution in [-0.4, -0.2) is 44.2 Å². The molecule has 2 aromatic rings. The Bertz CT molecular complexity index is 730. The number of likely N-dealkylation sites (tertiary alicyclic amines) is 1. The summed E-state index contributed by atoms with van der Waals surface area (Å²) in [5.41, 5.74) is 2.36. The Morgan fingerprint density at radius 3 is 2.46 bits per heavy atom. The van der Waals surface area contributed by atoms with Crippen molar-refractivity contribution in [3.8, 4) is 5.75 Å². The van der Waals surface area contributed by atoms with E-state index in [2.05, 4.69) is 39.8 Å². The Kier molecular flexibility index (Phi) is 7.73. The van der Waals surface area contributed by atoms with Crippen molar-refractivity contribution in [2.75, 3.05) is 33.3 Å². The second-order valence-corrected chi connectivity index (χ2v) is 7.22. The zero-order valence-electron chi connectivity index (χ0n) is 16.7. The van der Waals surface area contributed by atoms with Crippen LogP contribution in [-0.2, 0) is 6.42 Å². The molecule has 1 atom stereocenters. The third-order valence-electron chi connectivity index (χ3n) is 5.34. The molecule has 0 bridgehead atoms. The van der Waals surface area contributed by atoms with Crippen LogP contribution in [0.4, 0.5) is 4.79 Å². The van der Waals surface area contributed by atoms with Crippen molar-refractivity contribution in [2.24, 2.45) is 0 Å². The number of nitrogens with one attached hydrogen (secondary N) is 2. The highest BCUT2D eigenvalue weighted by molar-refractivity contribution is 5.73. The van der Waals surface area contributed by atoms with Crippen LogP contribution >= 0.6 is 0 Å². The van der Waals surface area contributed by atoms with Crippen LogP contribution in [0.15, 0.2) is 54.6 Å². The van der Waals surface area contributed by atoms with Crippen LogP contribution in [0.25, 0.3) is 0 Å². The first-order chi connectivity index (χ1) is 13.8. The maximum Gasteiger partial charge on any atom is 0.314 e. The van der Waals surface area contributed by atoms with Crippen molar-refractivity contribution in [2.45, 2.75) is 31.7 Å². The number of para-hydroxylation sites is 1. The van der Waals surface area contributed by atoms with Gasteiger partial charge in [-0.05, 0) is 49.5 Å². The fourth-order valence-corrected chi connectivity index (χ4v) is 3.84. The van der Waals surface area contributed by atoms with Crippen LogP contribution in [0.5, 0.6) is 5.75 Å². The number of piperidine rings is 1. The molecule has 1 unspecified atom stereocenters. The normalized spacial score (nSPS) is 15.6. The molecular weight excluding hydrogens is 350 g/mol. The van der Waals surface area contributed by atoms with Gasteiger partial charge in [-0.1, -0.05) is 55.0 Å². The predicted octanol–water partition coefficient (Wildman–Crippen LogP) is 3.76. The molecule has 0 aromatic heterocycles. The highest BCUT2D eigenvalue weighted by Gasteiger charge is 2.22. The van der Waals surface area contributed by atoms with Gasteiger partial charge in [-0.25, -0.2) is 4.79 Å². The molecule has 1 aliphatic rings. The molecule has 1 heterocycles. The Morgan fingerprint density at radius 2 is 1.71 bits per heavy atom. The van der Waals surface area contributed by atoms with Crippen LogP contribution in [0, 0.1) is 0 Å². The fraction of sp³-hybridized carbons (Fsp3) is 0.435. The number of ether oxygens (including phenoxy) is 1. The average molecular weight is 382 g/mol. The Balaban J connectivity index is 1.50. The molecule has 5 nitrogen and oxygen atoms in total. The lowest BCUT2D eigenvalue weighted by Gasteiger charge is -2.35. The van der Waals surface area contributed by atoms with Crippen molar-refractivity contribution in [1.82, 2.24) is 15.5 Å². The number of urea groups is 1. The minimum atomic E-state index is -0.118. The van der Waals surface area contributed by atoms with E-state index >= 15 is 0 Å². The molecule has 2 aromatic carbocycles. The maximum absolute atomic E-state index is 12.3. The summed E-state index contributed by atoms with van der Waals surface area (Å²) in [5, 5.41) is 6.04. The Hall–Kier alpha value is -2.53. The molecule has 0 radical (unpaired) electrons. The number of hydrogen-bond acceptors (Lipinski definition) is 3. The monoisotopic (exact) mass is 381 g/mol. The Labute approximate surface area is 168 Å². The topological polar surface area (TPSA) is 53.6 Å². The van der Waals surface area contributed by atoms with Crippen molar-refractivity contribution in [3.05, 3.63) is 65.7 Å². The molecule has 0 saturated carbocycles. The van der Waals surface area contributed by atoms with E-state index in [1.165, 1.54) is 24.8 Å². The molecule has 150 valence electrons. The summed E-state index contributed by atoms with van der Waals surface area (Å²) >= 11 is 0. The van der Waals surface area contributed by atoms with Crippen LogP contribution in [0.1, 0.15) is 36.4 Å². The van der Waals surface area contributed by atoms with Gasteiger partial charge in [-0.3, -0.25) is 4.90 Å². The van der Waals surface area contributed by atoms with E-state index in [9.17, 15) is 4.79 Å². The number of methoxy groups -OCH3 is 1.